The molecule has 0 spiro atoms. The van der Waals surface area contributed by atoms with Crippen LogP contribution in [-0.2, 0) is 9.59 Å². The van der Waals surface area contributed by atoms with Gasteiger partial charge in [-0.2, -0.15) is 0 Å². The Morgan fingerprint density at radius 2 is 2.10 bits per heavy atom. The van der Waals surface area contributed by atoms with E-state index < -0.39 is 0 Å². The number of carbonyl (C=O) groups is 2. The lowest BCUT2D eigenvalue weighted by atomic mass is 10.3. The van der Waals surface area contributed by atoms with Crippen molar-refractivity contribution in [2.45, 2.75) is 19.8 Å². The lowest BCUT2D eigenvalue weighted by molar-refractivity contribution is -0.118. The summed E-state index contributed by atoms with van der Waals surface area (Å²) in [7, 11) is 0. The summed E-state index contributed by atoms with van der Waals surface area (Å²) < 4.78 is 0. The molecule has 0 N–H and O–H groups in total. The van der Waals surface area contributed by atoms with Gasteiger partial charge in [0.25, 0.3) is 0 Å². The fraction of sp³-hybridized carbons (Fsp3) is 0.714. The zero-order valence-electron chi connectivity index (χ0n) is 5.92. The molecule has 0 radical (unpaired) electrons. The van der Waals surface area contributed by atoms with Crippen molar-refractivity contribution in [2.24, 2.45) is 5.92 Å². The van der Waals surface area contributed by atoms with Gasteiger partial charge in [-0.3, -0.25) is 9.59 Å². The Bertz CT molecular complexity index is 161. The van der Waals surface area contributed by atoms with Crippen molar-refractivity contribution >= 4 is 22.7 Å². The van der Waals surface area contributed by atoms with Gasteiger partial charge in [-0.05, 0) is 12.8 Å². The first-order valence-electron chi connectivity index (χ1n) is 3.36. The highest BCUT2D eigenvalue weighted by Gasteiger charge is 2.29. The van der Waals surface area contributed by atoms with Crippen LogP contribution in [0.1, 0.15) is 19.8 Å². The van der Waals surface area contributed by atoms with Crippen LogP contribution in [0.25, 0.3) is 0 Å². The number of hydrogen-bond acceptors (Lipinski definition) is 3. The minimum atomic E-state index is 0.0361. The van der Waals surface area contributed by atoms with Crippen LogP contribution in [0.2, 0.25) is 0 Å². The molecule has 2 nitrogen and oxygen atoms in total. The number of rotatable bonds is 3. The van der Waals surface area contributed by atoms with Crippen molar-refractivity contribution in [1.82, 2.24) is 0 Å². The van der Waals surface area contributed by atoms with Gasteiger partial charge >= 0.3 is 0 Å². The normalized spacial score (nSPS) is 16.9. The Labute approximate surface area is 64.4 Å². The number of thioether (sulfide) groups is 1. The average molecular weight is 158 g/mol. The van der Waals surface area contributed by atoms with Gasteiger partial charge in [-0.25, -0.2) is 0 Å². The predicted octanol–water partition coefficient (Wildman–Crippen LogP) is 1.25. The summed E-state index contributed by atoms with van der Waals surface area (Å²) >= 11 is 1.12. The Hall–Kier alpha value is -0.310. The van der Waals surface area contributed by atoms with Crippen molar-refractivity contribution in [2.75, 3.05) is 5.75 Å². The standard InChI is InChI=1S/C7H10O2S/c1-5(8)10-4-7(9)6-2-3-6/h6H,2-4H2,1H3. The lowest BCUT2D eigenvalue weighted by Gasteiger charge is -1.92. The topological polar surface area (TPSA) is 34.1 Å². The third-order valence-corrected chi connectivity index (χ3v) is 2.29. The van der Waals surface area contributed by atoms with E-state index in [0.717, 1.165) is 24.6 Å². The SMILES string of the molecule is CC(=O)SCC(=O)C1CC1. The molecule has 0 heterocycles. The van der Waals surface area contributed by atoms with E-state index in [9.17, 15) is 9.59 Å². The third-order valence-electron chi connectivity index (χ3n) is 1.45. The first-order valence-corrected chi connectivity index (χ1v) is 4.35. The highest BCUT2D eigenvalue weighted by molar-refractivity contribution is 8.14. The summed E-state index contributed by atoms with van der Waals surface area (Å²) in [5, 5.41) is 0.0361. The van der Waals surface area contributed by atoms with E-state index in [-0.39, 0.29) is 10.9 Å². The molecule has 1 aliphatic carbocycles. The highest BCUT2D eigenvalue weighted by Crippen LogP contribution is 2.30. The van der Waals surface area contributed by atoms with Gasteiger partial charge in [0.1, 0.15) is 5.78 Å². The van der Waals surface area contributed by atoms with Crippen LogP contribution in [0.3, 0.4) is 0 Å². The minimum absolute atomic E-state index is 0.0361. The van der Waals surface area contributed by atoms with Crippen molar-refractivity contribution in [3.8, 4) is 0 Å². The van der Waals surface area contributed by atoms with E-state index in [1.807, 2.05) is 0 Å². The van der Waals surface area contributed by atoms with E-state index in [0.29, 0.717) is 11.7 Å². The second kappa shape index (κ2) is 3.19. The highest BCUT2D eigenvalue weighted by atomic mass is 32.2. The van der Waals surface area contributed by atoms with Crippen LogP contribution in [-0.4, -0.2) is 16.7 Å². The average Bonchev–Trinajstić information content (AvgIpc) is 2.63. The van der Waals surface area contributed by atoms with Crippen LogP contribution in [0.4, 0.5) is 0 Å². The Kier molecular flexibility index (Phi) is 2.49. The van der Waals surface area contributed by atoms with Gasteiger partial charge in [0.2, 0.25) is 0 Å². The molecule has 56 valence electrons. The molecule has 0 aromatic carbocycles. The summed E-state index contributed by atoms with van der Waals surface area (Å²) in [6.07, 6.45) is 2.08. The van der Waals surface area contributed by atoms with Crippen molar-refractivity contribution in [1.29, 1.82) is 0 Å². The van der Waals surface area contributed by atoms with Crippen LogP contribution in [0, 0.1) is 5.92 Å². The number of hydrogen-bond donors (Lipinski definition) is 0. The van der Waals surface area contributed by atoms with E-state index >= 15 is 0 Å². The van der Waals surface area contributed by atoms with Crippen molar-refractivity contribution in [3.63, 3.8) is 0 Å². The summed E-state index contributed by atoms with van der Waals surface area (Å²) in [6, 6.07) is 0. The van der Waals surface area contributed by atoms with E-state index in [4.69, 9.17) is 0 Å². The Morgan fingerprint density at radius 3 is 2.50 bits per heavy atom. The fourth-order valence-electron chi connectivity index (χ4n) is 0.696. The Balaban J connectivity index is 2.12. The van der Waals surface area contributed by atoms with E-state index in [1.54, 1.807) is 0 Å². The summed E-state index contributed by atoms with van der Waals surface area (Å²) in [6.45, 7) is 1.49. The maximum atomic E-state index is 10.9. The van der Waals surface area contributed by atoms with Gasteiger partial charge in [-0.15, -0.1) is 0 Å². The number of ketones is 1. The minimum Gasteiger partial charge on any atom is -0.298 e. The second-order valence-corrected chi connectivity index (χ2v) is 3.67. The number of Topliss-reactive ketones (excluding diaryl/α,β-unsaturated/α-hetero) is 1. The molecule has 0 unspecified atom stereocenters. The van der Waals surface area contributed by atoms with Crippen LogP contribution in [0.15, 0.2) is 0 Å². The van der Waals surface area contributed by atoms with Gasteiger partial charge in [-0.1, -0.05) is 11.8 Å². The number of carbonyl (C=O) groups excluding carboxylic acids is 2. The lowest BCUT2D eigenvalue weighted by Crippen LogP contribution is -2.04. The van der Waals surface area contributed by atoms with Crippen molar-refractivity contribution < 1.29 is 9.59 Å². The molecule has 3 heteroatoms. The van der Waals surface area contributed by atoms with Gasteiger partial charge in [0.05, 0.1) is 5.75 Å². The zero-order valence-corrected chi connectivity index (χ0v) is 6.74. The molecule has 1 aliphatic rings. The third kappa shape index (κ3) is 2.52. The molecule has 1 saturated carbocycles. The molecule has 10 heavy (non-hydrogen) atoms. The molecular formula is C7H10O2S. The maximum absolute atomic E-state index is 10.9. The first-order chi connectivity index (χ1) is 4.70. The molecule has 0 aromatic rings. The maximum Gasteiger partial charge on any atom is 0.186 e. The Morgan fingerprint density at radius 1 is 1.50 bits per heavy atom. The molecule has 0 atom stereocenters. The van der Waals surface area contributed by atoms with Gasteiger partial charge < -0.3 is 0 Å². The molecule has 0 saturated heterocycles. The van der Waals surface area contributed by atoms with Crippen LogP contribution in [0.5, 0.6) is 0 Å². The molecule has 0 aliphatic heterocycles. The molecule has 0 bridgehead atoms. The van der Waals surface area contributed by atoms with Gasteiger partial charge in [0, 0.05) is 12.8 Å². The monoisotopic (exact) mass is 158 g/mol. The molecule has 0 amide bonds. The summed E-state index contributed by atoms with van der Waals surface area (Å²) in [4.78, 5) is 21.3. The molecular weight excluding hydrogens is 148 g/mol. The van der Waals surface area contributed by atoms with Crippen LogP contribution >= 0.6 is 11.8 Å². The smallest absolute Gasteiger partial charge is 0.186 e. The quantitative estimate of drug-likeness (QED) is 0.619. The predicted molar refractivity (Wildman–Crippen MR) is 40.9 cm³/mol. The zero-order chi connectivity index (χ0) is 7.56. The molecule has 0 aromatic heterocycles. The van der Waals surface area contributed by atoms with Crippen LogP contribution < -0.4 is 0 Å². The molecule has 1 fully saturated rings. The summed E-state index contributed by atoms with van der Waals surface area (Å²) in [5.41, 5.74) is 0. The van der Waals surface area contributed by atoms with Crippen molar-refractivity contribution in [3.05, 3.63) is 0 Å². The largest absolute Gasteiger partial charge is 0.298 e. The first kappa shape index (κ1) is 7.79. The van der Waals surface area contributed by atoms with E-state index in [2.05, 4.69) is 0 Å². The van der Waals surface area contributed by atoms with E-state index in [1.165, 1.54) is 6.92 Å². The fourth-order valence-corrected chi connectivity index (χ4v) is 1.28. The second-order valence-electron chi connectivity index (χ2n) is 2.52. The molecule has 1 rings (SSSR count). The summed E-state index contributed by atoms with van der Waals surface area (Å²) in [5.74, 6) is 0.937. The van der Waals surface area contributed by atoms with Gasteiger partial charge in [0.15, 0.2) is 5.12 Å².